The second kappa shape index (κ2) is 7.01. The zero-order valence-electron chi connectivity index (χ0n) is 9.66. The molecule has 1 aromatic rings. The maximum Gasteiger partial charge on any atom is 0.148 e. The number of hydrogen-bond donors (Lipinski definition) is 1. The zero-order chi connectivity index (χ0) is 12.7. The molecule has 0 aromatic heterocycles. The molecule has 3 heteroatoms. The van der Waals surface area contributed by atoms with E-state index >= 15 is 0 Å². The maximum absolute atomic E-state index is 5.46. The zero-order valence-corrected chi connectivity index (χ0v) is 11.3. The van der Waals surface area contributed by atoms with Crippen LogP contribution in [0.5, 0.6) is 5.75 Å². The van der Waals surface area contributed by atoms with Crippen LogP contribution in [0.25, 0.3) is 0 Å². The summed E-state index contributed by atoms with van der Waals surface area (Å²) >= 11 is 3.42. The highest BCUT2D eigenvalue weighted by molar-refractivity contribution is 9.10. The standard InChI is InChI=1S/C14H14BrNO/c1-4-8-17-14-7-6-13(15)9-12(14)10-16-11(3)5-2/h1-2,6-7,9,11,16H,8,10H2,3H3. The summed E-state index contributed by atoms with van der Waals surface area (Å²) in [6, 6.07) is 5.82. The molecule has 1 unspecified atom stereocenters. The number of benzene rings is 1. The van der Waals surface area contributed by atoms with E-state index in [4.69, 9.17) is 17.6 Å². The molecule has 0 saturated heterocycles. The first-order valence-electron chi connectivity index (χ1n) is 5.21. The number of nitrogens with one attached hydrogen (secondary N) is 1. The first-order valence-corrected chi connectivity index (χ1v) is 6.01. The highest BCUT2D eigenvalue weighted by Crippen LogP contribution is 2.23. The third-order valence-corrected chi connectivity index (χ3v) is 2.68. The van der Waals surface area contributed by atoms with Gasteiger partial charge in [0.25, 0.3) is 0 Å². The lowest BCUT2D eigenvalue weighted by atomic mass is 10.2. The van der Waals surface area contributed by atoms with Crippen LogP contribution in [0.2, 0.25) is 0 Å². The van der Waals surface area contributed by atoms with Crippen molar-refractivity contribution in [2.24, 2.45) is 0 Å². The van der Waals surface area contributed by atoms with Gasteiger partial charge in [0.2, 0.25) is 0 Å². The molecule has 0 bridgehead atoms. The van der Waals surface area contributed by atoms with Gasteiger partial charge in [-0.1, -0.05) is 27.8 Å². The van der Waals surface area contributed by atoms with E-state index in [1.54, 1.807) is 0 Å². The van der Waals surface area contributed by atoms with E-state index in [0.717, 1.165) is 15.8 Å². The second-order valence-corrected chi connectivity index (χ2v) is 4.43. The van der Waals surface area contributed by atoms with E-state index in [9.17, 15) is 0 Å². The monoisotopic (exact) mass is 291 g/mol. The Balaban J connectivity index is 2.77. The molecule has 88 valence electrons. The number of hydrogen-bond acceptors (Lipinski definition) is 2. The lowest BCUT2D eigenvalue weighted by Crippen LogP contribution is -2.23. The highest BCUT2D eigenvalue weighted by Gasteiger charge is 2.05. The van der Waals surface area contributed by atoms with Gasteiger partial charge in [-0.25, -0.2) is 0 Å². The van der Waals surface area contributed by atoms with Gasteiger partial charge >= 0.3 is 0 Å². The van der Waals surface area contributed by atoms with Crippen LogP contribution in [0.15, 0.2) is 22.7 Å². The van der Waals surface area contributed by atoms with Gasteiger partial charge in [-0.3, -0.25) is 5.32 Å². The Morgan fingerprint density at radius 2 is 2.24 bits per heavy atom. The van der Waals surface area contributed by atoms with E-state index in [-0.39, 0.29) is 12.6 Å². The van der Waals surface area contributed by atoms with Gasteiger partial charge in [-0.05, 0) is 25.1 Å². The van der Waals surface area contributed by atoms with E-state index in [1.807, 2.05) is 25.1 Å². The molecule has 1 N–H and O–H groups in total. The number of rotatable bonds is 5. The summed E-state index contributed by atoms with van der Waals surface area (Å²) in [5.74, 6) is 5.84. The molecular weight excluding hydrogens is 278 g/mol. The number of ether oxygens (including phenoxy) is 1. The summed E-state index contributed by atoms with van der Waals surface area (Å²) in [7, 11) is 0. The van der Waals surface area contributed by atoms with Crippen LogP contribution in [-0.2, 0) is 6.54 Å². The predicted molar refractivity (Wildman–Crippen MR) is 73.6 cm³/mol. The van der Waals surface area contributed by atoms with Crippen molar-refractivity contribution in [3.8, 4) is 30.4 Å². The van der Waals surface area contributed by atoms with E-state index in [1.165, 1.54) is 0 Å². The van der Waals surface area contributed by atoms with Crippen molar-refractivity contribution in [3.63, 3.8) is 0 Å². The van der Waals surface area contributed by atoms with E-state index in [2.05, 4.69) is 33.1 Å². The minimum Gasteiger partial charge on any atom is -0.481 e. The van der Waals surface area contributed by atoms with Crippen LogP contribution in [0.3, 0.4) is 0 Å². The molecule has 0 amide bonds. The molecular formula is C14H14BrNO. The Labute approximate surface area is 111 Å². The molecule has 0 aliphatic carbocycles. The Hall–Kier alpha value is -1.42. The molecule has 2 nitrogen and oxygen atoms in total. The molecule has 17 heavy (non-hydrogen) atoms. The summed E-state index contributed by atoms with van der Waals surface area (Å²) in [4.78, 5) is 0. The van der Waals surface area contributed by atoms with Crippen molar-refractivity contribution in [3.05, 3.63) is 28.2 Å². The summed E-state index contributed by atoms with van der Waals surface area (Å²) in [5.41, 5.74) is 1.02. The van der Waals surface area contributed by atoms with Crippen molar-refractivity contribution in [2.75, 3.05) is 6.61 Å². The predicted octanol–water partition coefficient (Wildman–Crippen LogP) is 2.57. The van der Waals surface area contributed by atoms with Crippen LogP contribution in [0, 0.1) is 24.7 Å². The fraction of sp³-hybridized carbons (Fsp3) is 0.286. The summed E-state index contributed by atoms with van der Waals surface area (Å²) < 4.78 is 6.45. The molecule has 0 radical (unpaired) electrons. The molecule has 0 fully saturated rings. The molecule has 0 saturated carbocycles. The minimum atomic E-state index is 0.0227. The van der Waals surface area contributed by atoms with Gasteiger partial charge in [-0.2, -0.15) is 0 Å². The average Bonchev–Trinajstić information content (AvgIpc) is 2.34. The quantitative estimate of drug-likeness (QED) is 0.842. The van der Waals surface area contributed by atoms with Gasteiger partial charge in [0.1, 0.15) is 12.4 Å². The fourth-order valence-electron chi connectivity index (χ4n) is 1.27. The Kier molecular flexibility index (Phi) is 5.63. The lowest BCUT2D eigenvalue weighted by molar-refractivity contribution is 0.364. The van der Waals surface area contributed by atoms with Crippen molar-refractivity contribution < 1.29 is 4.74 Å². The summed E-state index contributed by atoms with van der Waals surface area (Å²) in [5, 5.41) is 3.20. The van der Waals surface area contributed by atoms with Crippen LogP contribution >= 0.6 is 15.9 Å². The first kappa shape index (κ1) is 13.6. The van der Waals surface area contributed by atoms with E-state index < -0.39 is 0 Å². The van der Waals surface area contributed by atoms with Crippen molar-refractivity contribution in [1.29, 1.82) is 0 Å². The maximum atomic E-state index is 5.46. The third-order valence-electron chi connectivity index (χ3n) is 2.18. The Morgan fingerprint density at radius 3 is 2.88 bits per heavy atom. The number of terminal acetylenes is 2. The summed E-state index contributed by atoms with van der Waals surface area (Å²) in [6.45, 7) is 2.84. The SMILES string of the molecule is C#CCOc1ccc(Br)cc1CNC(C)C#C. The Bertz CT molecular complexity index is 456. The molecule has 0 heterocycles. The topological polar surface area (TPSA) is 21.3 Å². The van der Waals surface area contributed by atoms with E-state index in [0.29, 0.717) is 6.54 Å². The third kappa shape index (κ3) is 4.53. The van der Waals surface area contributed by atoms with Crippen LogP contribution in [0.4, 0.5) is 0 Å². The highest BCUT2D eigenvalue weighted by atomic mass is 79.9. The molecule has 0 spiro atoms. The smallest absolute Gasteiger partial charge is 0.148 e. The van der Waals surface area contributed by atoms with Gasteiger partial charge in [0.15, 0.2) is 0 Å². The second-order valence-electron chi connectivity index (χ2n) is 3.51. The number of halogens is 1. The van der Waals surface area contributed by atoms with Crippen molar-refractivity contribution in [1.82, 2.24) is 5.32 Å². The largest absolute Gasteiger partial charge is 0.481 e. The van der Waals surface area contributed by atoms with Crippen LogP contribution in [-0.4, -0.2) is 12.6 Å². The minimum absolute atomic E-state index is 0.0227. The molecule has 1 aromatic carbocycles. The van der Waals surface area contributed by atoms with Gasteiger partial charge in [0.05, 0.1) is 6.04 Å². The van der Waals surface area contributed by atoms with Gasteiger partial charge in [-0.15, -0.1) is 12.8 Å². The molecule has 1 rings (SSSR count). The van der Waals surface area contributed by atoms with Gasteiger partial charge < -0.3 is 4.74 Å². The summed E-state index contributed by atoms with van der Waals surface area (Å²) in [6.07, 6.45) is 10.5. The van der Waals surface area contributed by atoms with Crippen LogP contribution < -0.4 is 10.1 Å². The lowest BCUT2D eigenvalue weighted by Gasteiger charge is -2.12. The first-order chi connectivity index (χ1) is 8.17. The molecule has 1 atom stereocenters. The normalized spacial score (nSPS) is 11.3. The van der Waals surface area contributed by atoms with Crippen LogP contribution in [0.1, 0.15) is 12.5 Å². The fourth-order valence-corrected chi connectivity index (χ4v) is 1.68. The molecule has 0 aliphatic rings. The van der Waals surface area contributed by atoms with Crippen molar-refractivity contribution in [2.45, 2.75) is 19.5 Å². The Morgan fingerprint density at radius 1 is 1.47 bits per heavy atom. The molecule has 0 aliphatic heterocycles. The van der Waals surface area contributed by atoms with Crippen molar-refractivity contribution >= 4 is 15.9 Å². The average molecular weight is 292 g/mol. The van der Waals surface area contributed by atoms with Gasteiger partial charge in [0, 0.05) is 16.6 Å².